The number of H-pyrrole nitrogens is 1. The Balaban J connectivity index is 2.06. The van der Waals surface area contributed by atoms with E-state index in [0.717, 1.165) is 11.1 Å². The van der Waals surface area contributed by atoms with E-state index in [1.165, 1.54) is 31.5 Å². The van der Waals surface area contributed by atoms with Crippen molar-refractivity contribution in [1.29, 1.82) is 0 Å². The molecule has 0 saturated heterocycles. The number of rotatable bonds is 5. The molecule has 3 aromatic heterocycles. The zero-order valence-corrected chi connectivity index (χ0v) is 14.1. The number of nitrogens with zero attached hydrogens (tertiary/aromatic N) is 3. The normalized spacial score (nSPS) is 12.9. The first-order chi connectivity index (χ1) is 12.7. The Kier molecular flexibility index (Phi) is 4.73. The van der Waals surface area contributed by atoms with Crippen molar-refractivity contribution in [2.24, 2.45) is 5.73 Å². The fraction of sp³-hybridized carbons (Fsp3) is 0.235. The molecule has 142 valence electrons. The van der Waals surface area contributed by atoms with Crippen LogP contribution in [0.3, 0.4) is 0 Å². The molecule has 6 nitrogen and oxygen atoms in total. The van der Waals surface area contributed by atoms with Crippen LogP contribution in [0.2, 0.25) is 0 Å². The molecule has 0 bridgehead atoms. The third-order valence-electron chi connectivity index (χ3n) is 4.09. The second kappa shape index (κ2) is 6.86. The van der Waals surface area contributed by atoms with Crippen molar-refractivity contribution >= 4 is 22.6 Å². The topological polar surface area (TPSA) is 87.9 Å². The van der Waals surface area contributed by atoms with Gasteiger partial charge in [-0.15, -0.1) is 0 Å². The second-order valence-electron chi connectivity index (χ2n) is 6.01. The van der Waals surface area contributed by atoms with Crippen LogP contribution in [0, 0.1) is 5.82 Å². The van der Waals surface area contributed by atoms with Crippen molar-refractivity contribution in [3.63, 3.8) is 0 Å². The van der Waals surface area contributed by atoms with Crippen molar-refractivity contribution in [1.82, 2.24) is 15.0 Å². The van der Waals surface area contributed by atoms with Crippen LogP contribution >= 0.6 is 0 Å². The minimum atomic E-state index is -4.55. The zero-order valence-electron chi connectivity index (χ0n) is 14.1. The van der Waals surface area contributed by atoms with Crippen molar-refractivity contribution in [2.45, 2.75) is 19.1 Å². The maximum Gasteiger partial charge on any atom is 0.405 e. The van der Waals surface area contributed by atoms with Crippen LogP contribution in [-0.2, 0) is 4.79 Å². The Bertz CT molecular complexity index is 985. The zero-order chi connectivity index (χ0) is 19.8. The molecule has 0 spiro atoms. The van der Waals surface area contributed by atoms with Gasteiger partial charge in [-0.25, -0.2) is 9.37 Å². The van der Waals surface area contributed by atoms with Gasteiger partial charge in [0.15, 0.2) is 0 Å². The summed E-state index contributed by atoms with van der Waals surface area (Å²) in [6, 6.07) is 1.50. The number of anilines is 1. The van der Waals surface area contributed by atoms with Gasteiger partial charge < -0.3 is 15.6 Å². The SMILES string of the molecule is C[C@H](C(N)=O)N(CC(F)(F)F)c1cncc(-c2c[nH]c3ncc(F)cc23)c1. The highest BCUT2D eigenvalue weighted by Crippen LogP contribution is 2.31. The molecule has 0 unspecified atom stereocenters. The molecule has 0 saturated carbocycles. The van der Waals surface area contributed by atoms with E-state index in [0.29, 0.717) is 22.2 Å². The van der Waals surface area contributed by atoms with Gasteiger partial charge in [0.25, 0.3) is 0 Å². The van der Waals surface area contributed by atoms with Gasteiger partial charge >= 0.3 is 6.18 Å². The Hall–Kier alpha value is -3.17. The summed E-state index contributed by atoms with van der Waals surface area (Å²) in [5, 5.41) is 0.458. The van der Waals surface area contributed by atoms with Crippen LogP contribution in [0.25, 0.3) is 22.2 Å². The van der Waals surface area contributed by atoms with Gasteiger partial charge in [-0.05, 0) is 19.1 Å². The van der Waals surface area contributed by atoms with Crippen LogP contribution in [0.4, 0.5) is 23.2 Å². The third-order valence-corrected chi connectivity index (χ3v) is 4.09. The second-order valence-corrected chi connectivity index (χ2v) is 6.01. The number of hydrogen-bond acceptors (Lipinski definition) is 4. The monoisotopic (exact) mass is 381 g/mol. The van der Waals surface area contributed by atoms with E-state index in [2.05, 4.69) is 15.0 Å². The lowest BCUT2D eigenvalue weighted by atomic mass is 10.1. The van der Waals surface area contributed by atoms with Crippen molar-refractivity contribution in [2.75, 3.05) is 11.4 Å². The van der Waals surface area contributed by atoms with E-state index in [4.69, 9.17) is 5.73 Å². The Morgan fingerprint density at radius 1 is 1.30 bits per heavy atom. The quantitative estimate of drug-likeness (QED) is 0.665. The number of alkyl halides is 3. The van der Waals surface area contributed by atoms with Crippen LogP contribution in [0.5, 0.6) is 0 Å². The number of fused-ring (bicyclic) bond motifs is 1. The standard InChI is InChI=1S/C17H15F4N5O/c1-9(15(22)27)26(8-17(19,20)21)12-2-10(4-23-6-12)14-7-25-16-13(14)3-11(18)5-24-16/h2-7,9H,8H2,1H3,(H2,22,27)(H,24,25)/t9-/m1/s1. The summed E-state index contributed by atoms with van der Waals surface area (Å²) in [4.78, 5) is 23.0. The first-order valence-electron chi connectivity index (χ1n) is 7.86. The van der Waals surface area contributed by atoms with Gasteiger partial charge in [0.1, 0.15) is 24.1 Å². The molecule has 0 radical (unpaired) electrons. The predicted octanol–water partition coefficient (Wildman–Crippen LogP) is 3.01. The van der Waals surface area contributed by atoms with E-state index < -0.39 is 30.5 Å². The maximum atomic E-state index is 13.5. The number of nitrogens with one attached hydrogen (secondary N) is 1. The van der Waals surface area contributed by atoms with E-state index in [1.54, 1.807) is 6.20 Å². The molecule has 1 amide bonds. The predicted molar refractivity (Wildman–Crippen MR) is 91.3 cm³/mol. The van der Waals surface area contributed by atoms with Crippen molar-refractivity contribution in [3.8, 4) is 11.1 Å². The van der Waals surface area contributed by atoms with Crippen molar-refractivity contribution in [3.05, 3.63) is 42.7 Å². The number of amides is 1. The van der Waals surface area contributed by atoms with Gasteiger partial charge in [0, 0.05) is 28.9 Å². The molecule has 27 heavy (non-hydrogen) atoms. The summed E-state index contributed by atoms with van der Waals surface area (Å²) in [6.07, 6.45) is 0.702. The van der Waals surface area contributed by atoms with Gasteiger partial charge in [0.05, 0.1) is 18.1 Å². The fourth-order valence-electron chi connectivity index (χ4n) is 2.75. The number of aromatic amines is 1. The highest BCUT2D eigenvalue weighted by Gasteiger charge is 2.34. The number of pyridine rings is 2. The van der Waals surface area contributed by atoms with Gasteiger partial charge in [-0.2, -0.15) is 13.2 Å². The van der Waals surface area contributed by atoms with Gasteiger partial charge in [0.2, 0.25) is 5.91 Å². The van der Waals surface area contributed by atoms with Crippen LogP contribution in [-0.4, -0.2) is 39.6 Å². The molecule has 3 heterocycles. The number of carbonyl (C=O) groups is 1. The Labute approximate surface area is 151 Å². The maximum absolute atomic E-state index is 13.5. The number of aromatic nitrogens is 3. The molecule has 0 aliphatic rings. The summed E-state index contributed by atoms with van der Waals surface area (Å²) < 4.78 is 52.4. The molecule has 10 heteroatoms. The van der Waals surface area contributed by atoms with E-state index >= 15 is 0 Å². The number of nitrogens with two attached hydrogens (primary N) is 1. The molecular formula is C17H15F4N5O. The Morgan fingerprint density at radius 3 is 2.70 bits per heavy atom. The van der Waals surface area contributed by atoms with Crippen molar-refractivity contribution < 1.29 is 22.4 Å². The Morgan fingerprint density at radius 2 is 2.04 bits per heavy atom. The molecular weight excluding hydrogens is 366 g/mol. The summed E-state index contributed by atoms with van der Waals surface area (Å²) >= 11 is 0. The highest BCUT2D eigenvalue weighted by atomic mass is 19.4. The van der Waals surface area contributed by atoms with Crippen LogP contribution in [0.1, 0.15) is 6.92 Å². The number of primary amides is 1. The lowest BCUT2D eigenvalue weighted by Crippen LogP contribution is -2.47. The molecule has 1 atom stereocenters. The lowest BCUT2D eigenvalue weighted by molar-refractivity contribution is -0.125. The first-order valence-corrected chi connectivity index (χ1v) is 7.86. The molecule has 0 aromatic carbocycles. The molecule has 0 fully saturated rings. The number of carbonyl (C=O) groups excluding carboxylic acids is 1. The first kappa shape index (κ1) is 18.6. The minimum absolute atomic E-state index is 0.0647. The molecule has 3 N–H and O–H groups in total. The molecule has 0 aliphatic heterocycles. The molecule has 0 aliphatic carbocycles. The fourth-order valence-corrected chi connectivity index (χ4v) is 2.75. The lowest BCUT2D eigenvalue weighted by Gasteiger charge is -2.30. The molecule has 3 rings (SSSR count). The molecule has 3 aromatic rings. The smallest absolute Gasteiger partial charge is 0.368 e. The van der Waals surface area contributed by atoms with Crippen LogP contribution in [0.15, 0.2) is 36.9 Å². The summed E-state index contributed by atoms with van der Waals surface area (Å²) in [5.41, 5.74) is 6.64. The average Bonchev–Trinajstić information content (AvgIpc) is 3.01. The van der Waals surface area contributed by atoms with Gasteiger partial charge in [-0.3, -0.25) is 9.78 Å². The average molecular weight is 381 g/mol. The van der Waals surface area contributed by atoms with E-state index in [9.17, 15) is 22.4 Å². The van der Waals surface area contributed by atoms with E-state index in [1.807, 2.05) is 0 Å². The number of hydrogen-bond donors (Lipinski definition) is 2. The van der Waals surface area contributed by atoms with E-state index in [-0.39, 0.29) is 5.69 Å². The van der Waals surface area contributed by atoms with Gasteiger partial charge in [-0.1, -0.05) is 0 Å². The summed E-state index contributed by atoms with van der Waals surface area (Å²) in [6.45, 7) is -0.0853. The largest absolute Gasteiger partial charge is 0.405 e. The minimum Gasteiger partial charge on any atom is -0.368 e. The number of halogens is 4. The van der Waals surface area contributed by atoms with Crippen LogP contribution < -0.4 is 10.6 Å². The summed E-state index contributed by atoms with van der Waals surface area (Å²) in [7, 11) is 0. The third kappa shape index (κ3) is 3.99. The summed E-state index contributed by atoms with van der Waals surface area (Å²) in [5.74, 6) is -1.45. The highest BCUT2D eigenvalue weighted by molar-refractivity contribution is 5.94.